The number of rotatable bonds is 4. The first kappa shape index (κ1) is 14.7. The molecule has 0 saturated carbocycles. The lowest BCUT2D eigenvalue weighted by Gasteiger charge is -2.18. The first-order chi connectivity index (χ1) is 9.11. The van der Waals surface area contributed by atoms with Gasteiger partial charge in [-0.2, -0.15) is 0 Å². The van der Waals surface area contributed by atoms with Crippen LogP contribution in [0.1, 0.15) is 17.2 Å². The third kappa shape index (κ3) is 3.65. The Morgan fingerprint density at radius 2 is 1.79 bits per heavy atom. The van der Waals surface area contributed by atoms with Gasteiger partial charge in [0.25, 0.3) is 0 Å². The van der Waals surface area contributed by atoms with Crippen LogP contribution >= 0.6 is 31.9 Å². The van der Waals surface area contributed by atoms with Crippen LogP contribution in [0.4, 0.5) is 4.39 Å². The van der Waals surface area contributed by atoms with Gasteiger partial charge in [-0.05, 0) is 58.7 Å². The Labute approximate surface area is 129 Å². The summed E-state index contributed by atoms with van der Waals surface area (Å²) < 4.78 is 15.1. The van der Waals surface area contributed by atoms with Crippen LogP contribution in [-0.4, -0.2) is 7.05 Å². The predicted molar refractivity (Wildman–Crippen MR) is 83.7 cm³/mol. The minimum Gasteiger partial charge on any atom is -0.313 e. The molecule has 0 spiro atoms. The fourth-order valence-corrected chi connectivity index (χ4v) is 2.70. The molecular weight excluding hydrogens is 373 g/mol. The maximum absolute atomic E-state index is 13.5. The molecule has 1 atom stereocenters. The zero-order valence-corrected chi connectivity index (χ0v) is 13.6. The van der Waals surface area contributed by atoms with Gasteiger partial charge in [0, 0.05) is 10.5 Å². The van der Waals surface area contributed by atoms with E-state index in [2.05, 4.69) is 49.3 Å². The second kappa shape index (κ2) is 6.64. The molecule has 0 fully saturated rings. The number of benzene rings is 2. The molecule has 100 valence electrons. The highest BCUT2D eigenvalue weighted by Gasteiger charge is 2.13. The van der Waals surface area contributed by atoms with E-state index in [0.717, 1.165) is 16.5 Å². The summed E-state index contributed by atoms with van der Waals surface area (Å²) in [6.45, 7) is 0. The van der Waals surface area contributed by atoms with Crippen LogP contribution in [-0.2, 0) is 6.42 Å². The number of hydrogen-bond donors (Lipinski definition) is 1. The smallest absolute Gasteiger partial charge is 0.137 e. The van der Waals surface area contributed by atoms with Crippen LogP contribution < -0.4 is 5.32 Å². The van der Waals surface area contributed by atoms with E-state index in [9.17, 15) is 4.39 Å². The van der Waals surface area contributed by atoms with Crippen molar-refractivity contribution in [3.05, 3.63) is 68.4 Å². The van der Waals surface area contributed by atoms with Gasteiger partial charge in [0.1, 0.15) is 5.82 Å². The molecule has 0 heterocycles. The van der Waals surface area contributed by atoms with Crippen molar-refractivity contribution in [3.8, 4) is 0 Å². The van der Waals surface area contributed by atoms with Crippen LogP contribution in [0.3, 0.4) is 0 Å². The summed E-state index contributed by atoms with van der Waals surface area (Å²) in [5.41, 5.74) is 2.14. The molecule has 2 rings (SSSR count). The second-order valence-electron chi connectivity index (χ2n) is 4.31. The maximum atomic E-state index is 13.5. The van der Waals surface area contributed by atoms with Crippen molar-refractivity contribution in [2.45, 2.75) is 12.5 Å². The molecule has 0 amide bonds. The molecule has 19 heavy (non-hydrogen) atoms. The van der Waals surface area contributed by atoms with Gasteiger partial charge in [-0.1, -0.05) is 40.2 Å². The SMILES string of the molecule is CNC(Cc1cccc(F)c1Br)c1ccc(Br)cc1. The van der Waals surface area contributed by atoms with Crippen LogP contribution in [0.5, 0.6) is 0 Å². The van der Waals surface area contributed by atoms with Crippen LogP contribution in [0.2, 0.25) is 0 Å². The molecule has 1 unspecified atom stereocenters. The highest BCUT2D eigenvalue weighted by Crippen LogP contribution is 2.26. The number of hydrogen-bond acceptors (Lipinski definition) is 1. The van der Waals surface area contributed by atoms with Crippen LogP contribution in [0.25, 0.3) is 0 Å². The van der Waals surface area contributed by atoms with Gasteiger partial charge in [-0.15, -0.1) is 0 Å². The molecule has 0 saturated heterocycles. The summed E-state index contributed by atoms with van der Waals surface area (Å²) in [5, 5.41) is 3.27. The first-order valence-electron chi connectivity index (χ1n) is 5.97. The van der Waals surface area contributed by atoms with Crippen molar-refractivity contribution < 1.29 is 4.39 Å². The van der Waals surface area contributed by atoms with Crippen molar-refractivity contribution >= 4 is 31.9 Å². The molecule has 0 bridgehead atoms. The van der Waals surface area contributed by atoms with Crippen molar-refractivity contribution in [3.63, 3.8) is 0 Å². The zero-order valence-electron chi connectivity index (χ0n) is 10.5. The summed E-state index contributed by atoms with van der Waals surface area (Å²) in [6.07, 6.45) is 0.733. The zero-order chi connectivity index (χ0) is 13.8. The fraction of sp³-hybridized carbons (Fsp3) is 0.200. The van der Waals surface area contributed by atoms with E-state index in [1.54, 1.807) is 6.07 Å². The molecule has 2 aromatic rings. The predicted octanol–water partition coefficient (Wildman–Crippen LogP) is 4.85. The molecule has 0 aliphatic carbocycles. The van der Waals surface area contributed by atoms with Gasteiger partial charge in [-0.3, -0.25) is 0 Å². The molecule has 0 aromatic heterocycles. The van der Waals surface area contributed by atoms with Gasteiger partial charge < -0.3 is 5.32 Å². The van der Waals surface area contributed by atoms with E-state index >= 15 is 0 Å². The first-order valence-corrected chi connectivity index (χ1v) is 7.56. The topological polar surface area (TPSA) is 12.0 Å². The summed E-state index contributed by atoms with van der Waals surface area (Å²) in [4.78, 5) is 0. The number of halogens is 3. The van der Waals surface area contributed by atoms with Gasteiger partial charge in [0.15, 0.2) is 0 Å². The Morgan fingerprint density at radius 1 is 1.11 bits per heavy atom. The summed E-state index contributed by atoms with van der Waals surface area (Å²) in [5.74, 6) is -0.219. The average Bonchev–Trinajstić information content (AvgIpc) is 2.42. The Morgan fingerprint density at radius 3 is 2.42 bits per heavy atom. The quantitative estimate of drug-likeness (QED) is 0.791. The largest absolute Gasteiger partial charge is 0.313 e. The fourth-order valence-electron chi connectivity index (χ4n) is 2.01. The number of likely N-dealkylation sites (N-methyl/N-ethyl adjacent to an activating group) is 1. The molecule has 1 nitrogen and oxygen atoms in total. The lowest BCUT2D eigenvalue weighted by atomic mass is 9.99. The Hall–Kier alpha value is -0.710. The Bertz CT molecular complexity index is 555. The third-order valence-corrected chi connectivity index (χ3v) is 4.49. The standard InChI is InChI=1S/C15H14Br2FN/c1-19-14(10-5-7-12(16)8-6-10)9-11-3-2-4-13(18)15(11)17/h2-8,14,19H,9H2,1H3. The monoisotopic (exact) mass is 385 g/mol. The van der Waals surface area contributed by atoms with E-state index in [4.69, 9.17) is 0 Å². The normalized spacial score (nSPS) is 12.4. The molecular formula is C15H14Br2FN. The summed E-state index contributed by atoms with van der Waals surface area (Å²) in [6, 6.07) is 13.5. The van der Waals surface area contributed by atoms with Gasteiger partial charge in [-0.25, -0.2) is 4.39 Å². The van der Waals surface area contributed by atoms with Crippen molar-refractivity contribution in [2.75, 3.05) is 7.05 Å². The van der Waals surface area contributed by atoms with E-state index in [1.165, 1.54) is 11.6 Å². The van der Waals surface area contributed by atoms with E-state index in [0.29, 0.717) is 4.47 Å². The lowest BCUT2D eigenvalue weighted by Crippen LogP contribution is -2.19. The molecule has 0 aliphatic rings. The maximum Gasteiger partial charge on any atom is 0.137 e. The third-order valence-electron chi connectivity index (χ3n) is 3.08. The molecule has 0 aliphatic heterocycles. The highest BCUT2D eigenvalue weighted by atomic mass is 79.9. The van der Waals surface area contributed by atoms with Crippen molar-refractivity contribution in [1.82, 2.24) is 5.32 Å². The summed E-state index contributed by atoms with van der Waals surface area (Å²) in [7, 11) is 1.92. The van der Waals surface area contributed by atoms with Gasteiger partial charge in [0.2, 0.25) is 0 Å². The van der Waals surface area contributed by atoms with Gasteiger partial charge in [0.05, 0.1) is 4.47 Å². The van der Waals surface area contributed by atoms with Crippen molar-refractivity contribution in [2.24, 2.45) is 0 Å². The lowest BCUT2D eigenvalue weighted by molar-refractivity contribution is 0.580. The van der Waals surface area contributed by atoms with E-state index in [-0.39, 0.29) is 11.9 Å². The average molecular weight is 387 g/mol. The Kier molecular flexibility index (Phi) is 5.13. The van der Waals surface area contributed by atoms with E-state index in [1.807, 2.05) is 25.2 Å². The molecule has 1 N–H and O–H groups in total. The Balaban J connectivity index is 2.24. The number of nitrogens with one attached hydrogen (secondary N) is 1. The van der Waals surface area contributed by atoms with Crippen LogP contribution in [0.15, 0.2) is 51.4 Å². The molecule has 2 aromatic carbocycles. The van der Waals surface area contributed by atoms with Crippen molar-refractivity contribution in [1.29, 1.82) is 0 Å². The van der Waals surface area contributed by atoms with Crippen LogP contribution in [0, 0.1) is 5.82 Å². The highest BCUT2D eigenvalue weighted by molar-refractivity contribution is 9.10. The van der Waals surface area contributed by atoms with Gasteiger partial charge >= 0.3 is 0 Å². The molecule has 4 heteroatoms. The molecule has 0 radical (unpaired) electrons. The second-order valence-corrected chi connectivity index (χ2v) is 6.02. The minimum absolute atomic E-state index is 0.159. The van der Waals surface area contributed by atoms with E-state index < -0.39 is 0 Å². The summed E-state index contributed by atoms with van der Waals surface area (Å²) >= 11 is 6.74. The minimum atomic E-state index is -0.219.